The summed E-state index contributed by atoms with van der Waals surface area (Å²) < 4.78 is 0. The van der Waals surface area contributed by atoms with Crippen molar-refractivity contribution < 1.29 is 4.79 Å². The maximum atomic E-state index is 12.3. The van der Waals surface area contributed by atoms with E-state index in [1.807, 2.05) is 24.3 Å². The van der Waals surface area contributed by atoms with E-state index < -0.39 is 0 Å². The van der Waals surface area contributed by atoms with Crippen LogP contribution >= 0.6 is 11.6 Å². The topological polar surface area (TPSA) is 29.1 Å². The lowest BCUT2D eigenvalue weighted by Crippen LogP contribution is -2.22. The Morgan fingerprint density at radius 1 is 1.26 bits per heavy atom. The van der Waals surface area contributed by atoms with Crippen LogP contribution in [0, 0.1) is 17.3 Å². The molecule has 0 radical (unpaired) electrons. The standard InChI is InChI=1S/C16H20ClNO/c1-11-6-8-16(9-7-11)10-14(16)15(19)18-13-4-2-12(17)3-5-13/h2-5,11,14H,6-10H2,1H3,(H,18,19)/t11?,14-,16?/m0/s1. The summed E-state index contributed by atoms with van der Waals surface area (Å²) in [6.45, 7) is 2.32. The van der Waals surface area contributed by atoms with Gasteiger partial charge in [0.05, 0.1) is 0 Å². The highest BCUT2D eigenvalue weighted by Crippen LogP contribution is 2.62. The van der Waals surface area contributed by atoms with Crippen molar-refractivity contribution >= 4 is 23.2 Å². The highest BCUT2D eigenvalue weighted by atomic mass is 35.5. The highest BCUT2D eigenvalue weighted by molar-refractivity contribution is 6.30. The van der Waals surface area contributed by atoms with Gasteiger partial charge >= 0.3 is 0 Å². The van der Waals surface area contributed by atoms with Crippen molar-refractivity contribution in [2.45, 2.75) is 39.0 Å². The third-order valence-electron chi connectivity index (χ3n) is 4.89. The lowest BCUT2D eigenvalue weighted by molar-refractivity contribution is -0.118. The molecule has 0 aliphatic heterocycles. The highest BCUT2D eigenvalue weighted by Gasteiger charge is 2.58. The fourth-order valence-electron chi connectivity index (χ4n) is 3.37. The Bertz CT molecular complexity index is 474. The van der Waals surface area contributed by atoms with Crippen molar-refractivity contribution in [3.05, 3.63) is 29.3 Å². The summed E-state index contributed by atoms with van der Waals surface area (Å²) in [6, 6.07) is 7.33. The van der Waals surface area contributed by atoms with Gasteiger partial charge in [-0.25, -0.2) is 0 Å². The molecule has 3 heteroatoms. The summed E-state index contributed by atoms with van der Waals surface area (Å²) >= 11 is 5.84. The number of halogens is 1. The Morgan fingerprint density at radius 3 is 2.53 bits per heavy atom. The second-order valence-corrected chi connectivity index (χ2v) is 6.73. The first-order valence-electron chi connectivity index (χ1n) is 7.15. The van der Waals surface area contributed by atoms with Crippen LogP contribution in [-0.2, 0) is 4.79 Å². The Labute approximate surface area is 119 Å². The lowest BCUT2D eigenvalue weighted by Gasteiger charge is -2.26. The van der Waals surface area contributed by atoms with E-state index in [0.717, 1.165) is 18.0 Å². The maximum Gasteiger partial charge on any atom is 0.228 e. The van der Waals surface area contributed by atoms with Gasteiger partial charge in [0, 0.05) is 16.6 Å². The fraction of sp³-hybridized carbons (Fsp3) is 0.562. The molecule has 0 heterocycles. The molecule has 2 aliphatic carbocycles. The molecule has 0 bridgehead atoms. The third-order valence-corrected chi connectivity index (χ3v) is 5.14. The number of hydrogen-bond acceptors (Lipinski definition) is 1. The van der Waals surface area contributed by atoms with Gasteiger partial charge in [-0.15, -0.1) is 0 Å². The van der Waals surface area contributed by atoms with Crippen LogP contribution in [0.3, 0.4) is 0 Å². The SMILES string of the molecule is CC1CCC2(CC1)C[C@H]2C(=O)Nc1ccc(Cl)cc1. The number of carbonyl (C=O) groups is 1. The summed E-state index contributed by atoms with van der Waals surface area (Å²) in [5.41, 5.74) is 1.18. The second-order valence-electron chi connectivity index (χ2n) is 6.30. The molecule has 1 spiro atoms. The molecular weight excluding hydrogens is 258 g/mol. The summed E-state index contributed by atoms with van der Waals surface area (Å²) in [6.07, 6.45) is 6.11. The van der Waals surface area contributed by atoms with Crippen molar-refractivity contribution in [2.75, 3.05) is 5.32 Å². The average molecular weight is 278 g/mol. The molecule has 0 aromatic heterocycles. The molecule has 2 fully saturated rings. The minimum absolute atomic E-state index is 0.192. The van der Waals surface area contributed by atoms with Gasteiger partial charge < -0.3 is 5.32 Å². The molecule has 102 valence electrons. The van der Waals surface area contributed by atoms with Crippen molar-refractivity contribution in [1.82, 2.24) is 0 Å². The van der Waals surface area contributed by atoms with Crippen molar-refractivity contribution in [3.63, 3.8) is 0 Å². The van der Waals surface area contributed by atoms with Gasteiger partial charge in [-0.3, -0.25) is 4.79 Å². The molecular formula is C16H20ClNO. The molecule has 2 nitrogen and oxygen atoms in total. The van der Waals surface area contributed by atoms with Gasteiger partial charge in [0.25, 0.3) is 0 Å². The molecule has 1 amide bonds. The first-order valence-corrected chi connectivity index (χ1v) is 7.53. The van der Waals surface area contributed by atoms with Crippen LogP contribution in [0.5, 0.6) is 0 Å². The van der Waals surface area contributed by atoms with Gasteiger partial charge in [-0.05, 0) is 54.9 Å². The predicted molar refractivity (Wildman–Crippen MR) is 78.3 cm³/mol. The summed E-state index contributed by atoms with van der Waals surface area (Å²) in [5.74, 6) is 1.26. The Hall–Kier alpha value is -1.02. The zero-order valence-electron chi connectivity index (χ0n) is 11.3. The van der Waals surface area contributed by atoms with Gasteiger partial charge in [-0.1, -0.05) is 31.4 Å². The van der Waals surface area contributed by atoms with E-state index in [2.05, 4.69) is 12.2 Å². The zero-order chi connectivity index (χ0) is 13.5. The number of benzene rings is 1. The van der Waals surface area contributed by atoms with Crippen molar-refractivity contribution in [1.29, 1.82) is 0 Å². The van der Waals surface area contributed by atoms with Crippen LogP contribution in [0.15, 0.2) is 24.3 Å². The molecule has 0 unspecified atom stereocenters. The Morgan fingerprint density at radius 2 is 1.89 bits per heavy atom. The number of carbonyl (C=O) groups excluding carboxylic acids is 1. The lowest BCUT2D eigenvalue weighted by atomic mass is 9.79. The molecule has 1 aromatic rings. The molecule has 2 saturated carbocycles. The second kappa shape index (κ2) is 4.82. The molecule has 1 aromatic carbocycles. The van der Waals surface area contributed by atoms with Crippen LogP contribution in [0.25, 0.3) is 0 Å². The van der Waals surface area contributed by atoms with Crippen molar-refractivity contribution in [2.24, 2.45) is 17.3 Å². The van der Waals surface area contributed by atoms with Crippen LogP contribution < -0.4 is 5.32 Å². The molecule has 1 N–H and O–H groups in total. The Kier molecular flexibility index (Phi) is 3.30. The molecule has 19 heavy (non-hydrogen) atoms. The zero-order valence-corrected chi connectivity index (χ0v) is 12.0. The van der Waals surface area contributed by atoms with E-state index >= 15 is 0 Å². The van der Waals surface area contributed by atoms with E-state index in [1.165, 1.54) is 25.7 Å². The third kappa shape index (κ3) is 2.64. The molecule has 2 aliphatic rings. The van der Waals surface area contributed by atoms with Gasteiger partial charge in [0.2, 0.25) is 5.91 Å². The Balaban J connectivity index is 1.59. The van der Waals surface area contributed by atoms with Crippen molar-refractivity contribution in [3.8, 4) is 0 Å². The quantitative estimate of drug-likeness (QED) is 0.847. The van der Waals surface area contributed by atoms with E-state index in [1.54, 1.807) is 0 Å². The normalized spacial score (nSPS) is 33.2. The monoisotopic (exact) mass is 277 g/mol. The smallest absolute Gasteiger partial charge is 0.228 e. The number of rotatable bonds is 2. The van der Waals surface area contributed by atoms with E-state index in [9.17, 15) is 4.79 Å². The molecule has 1 atom stereocenters. The summed E-state index contributed by atoms with van der Waals surface area (Å²) in [7, 11) is 0. The maximum absolute atomic E-state index is 12.3. The minimum atomic E-state index is 0.192. The molecule has 3 rings (SSSR count). The fourth-order valence-corrected chi connectivity index (χ4v) is 3.50. The molecule has 0 saturated heterocycles. The van der Waals surface area contributed by atoms with Crippen LogP contribution in [0.2, 0.25) is 5.02 Å². The van der Waals surface area contributed by atoms with Gasteiger partial charge in [0.15, 0.2) is 0 Å². The largest absolute Gasteiger partial charge is 0.326 e. The van der Waals surface area contributed by atoms with Crippen LogP contribution in [0.1, 0.15) is 39.0 Å². The summed E-state index contributed by atoms with van der Waals surface area (Å²) in [5, 5.41) is 3.71. The number of amides is 1. The van der Waals surface area contributed by atoms with E-state index in [-0.39, 0.29) is 11.8 Å². The number of hydrogen-bond donors (Lipinski definition) is 1. The van der Waals surface area contributed by atoms with E-state index in [4.69, 9.17) is 11.6 Å². The van der Waals surface area contributed by atoms with Gasteiger partial charge in [-0.2, -0.15) is 0 Å². The minimum Gasteiger partial charge on any atom is -0.326 e. The summed E-state index contributed by atoms with van der Waals surface area (Å²) in [4.78, 5) is 12.3. The number of anilines is 1. The predicted octanol–water partition coefficient (Wildman–Crippen LogP) is 4.49. The van der Waals surface area contributed by atoms with Crippen LogP contribution in [0.4, 0.5) is 5.69 Å². The first-order chi connectivity index (χ1) is 9.09. The van der Waals surface area contributed by atoms with Gasteiger partial charge in [0.1, 0.15) is 0 Å². The average Bonchev–Trinajstić information content (AvgIpc) is 3.11. The number of nitrogens with one attached hydrogen (secondary N) is 1. The van der Waals surface area contributed by atoms with E-state index in [0.29, 0.717) is 10.4 Å². The first kappa shape index (κ1) is 13.0. The van der Waals surface area contributed by atoms with Crippen LogP contribution in [-0.4, -0.2) is 5.91 Å².